The lowest BCUT2D eigenvalue weighted by Gasteiger charge is -2.15. The number of allylic oxidation sites excluding steroid dienone is 3. The van der Waals surface area contributed by atoms with Gasteiger partial charge in [-0.3, -0.25) is 0 Å². The Morgan fingerprint density at radius 2 is 1.59 bits per heavy atom. The van der Waals surface area contributed by atoms with E-state index in [0.717, 1.165) is 25.7 Å². The molecule has 2 aromatic rings. The van der Waals surface area contributed by atoms with Gasteiger partial charge in [-0.15, -0.1) is 6.58 Å². The molecule has 0 saturated heterocycles. The number of aromatic hydroxyl groups is 1. The van der Waals surface area contributed by atoms with E-state index >= 15 is 0 Å². The van der Waals surface area contributed by atoms with Crippen LogP contribution in [0.2, 0.25) is 0 Å². The van der Waals surface area contributed by atoms with Crippen molar-refractivity contribution >= 4 is 11.1 Å². The minimum atomic E-state index is 0.312. The fourth-order valence-electron chi connectivity index (χ4n) is 2.79. The summed E-state index contributed by atoms with van der Waals surface area (Å²) in [6.45, 7) is 6.02. The molecular formula is C21H24O. The summed E-state index contributed by atoms with van der Waals surface area (Å²) in [4.78, 5) is 0. The maximum Gasteiger partial charge on any atom is 0.115 e. The van der Waals surface area contributed by atoms with Gasteiger partial charge in [0.15, 0.2) is 0 Å². The molecule has 0 aromatic heterocycles. The van der Waals surface area contributed by atoms with Crippen molar-refractivity contribution in [1.82, 2.24) is 0 Å². The van der Waals surface area contributed by atoms with Crippen LogP contribution in [0.3, 0.4) is 0 Å². The van der Waals surface area contributed by atoms with Crippen LogP contribution in [0.15, 0.2) is 67.3 Å². The van der Waals surface area contributed by atoms with Gasteiger partial charge in [-0.1, -0.05) is 55.5 Å². The maximum atomic E-state index is 9.54. The first-order valence-corrected chi connectivity index (χ1v) is 7.94. The Hall–Kier alpha value is -2.28. The molecular weight excluding hydrogens is 268 g/mol. The molecule has 1 heteroatoms. The molecule has 0 spiro atoms. The van der Waals surface area contributed by atoms with Gasteiger partial charge in [0.1, 0.15) is 5.75 Å². The molecule has 0 atom stereocenters. The molecule has 2 aromatic carbocycles. The molecule has 0 amide bonds. The summed E-state index contributed by atoms with van der Waals surface area (Å²) in [7, 11) is 0. The average Bonchev–Trinajstić information content (AvgIpc) is 2.56. The van der Waals surface area contributed by atoms with Crippen LogP contribution < -0.4 is 0 Å². The molecule has 0 saturated carbocycles. The molecule has 22 heavy (non-hydrogen) atoms. The third-order valence-corrected chi connectivity index (χ3v) is 3.89. The van der Waals surface area contributed by atoms with E-state index in [1.807, 2.05) is 18.2 Å². The lowest BCUT2D eigenvalue weighted by atomic mass is 9.89. The molecule has 0 aliphatic heterocycles. The number of hydrogen-bond donors (Lipinski definition) is 1. The zero-order valence-electron chi connectivity index (χ0n) is 13.3. The van der Waals surface area contributed by atoms with E-state index < -0.39 is 0 Å². The van der Waals surface area contributed by atoms with Gasteiger partial charge in [0.2, 0.25) is 0 Å². The van der Waals surface area contributed by atoms with E-state index in [0.29, 0.717) is 5.75 Å². The van der Waals surface area contributed by atoms with Crippen molar-refractivity contribution in [3.05, 3.63) is 78.4 Å². The van der Waals surface area contributed by atoms with Gasteiger partial charge in [0.05, 0.1) is 0 Å². The van der Waals surface area contributed by atoms with Crippen molar-refractivity contribution in [2.75, 3.05) is 0 Å². The summed E-state index contributed by atoms with van der Waals surface area (Å²) < 4.78 is 0. The Kier molecular flexibility index (Phi) is 6.02. The molecule has 0 radical (unpaired) electrons. The van der Waals surface area contributed by atoms with Crippen molar-refractivity contribution in [2.45, 2.75) is 32.6 Å². The van der Waals surface area contributed by atoms with E-state index in [9.17, 15) is 5.11 Å². The fraction of sp³-hybridized carbons (Fsp3) is 0.238. The first kappa shape index (κ1) is 16.1. The van der Waals surface area contributed by atoms with Crippen LogP contribution >= 0.6 is 0 Å². The Morgan fingerprint density at radius 1 is 0.955 bits per heavy atom. The molecule has 0 heterocycles. The molecule has 1 N–H and O–H groups in total. The lowest BCUT2D eigenvalue weighted by molar-refractivity contribution is 0.475. The predicted molar refractivity (Wildman–Crippen MR) is 95.7 cm³/mol. The third-order valence-electron chi connectivity index (χ3n) is 3.89. The van der Waals surface area contributed by atoms with E-state index in [2.05, 4.69) is 43.8 Å². The standard InChI is InChI=1S/C21H24O/c1-3-5-7-12-21(18-13-15-19(22)16-14-18)20(4-2)17-10-8-6-9-11-17/h3,6,8-11,13-16,22H,1,4-5,7,12H2,2H3/b21-20-. The van der Waals surface area contributed by atoms with Crippen LogP contribution in [0.4, 0.5) is 0 Å². The largest absolute Gasteiger partial charge is 0.508 e. The van der Waals surface area contributed by atoms with Crippen molar-refractivity contribution in [2.24, 2.45) is 0 Å². The SMILES string of the molecule is C=CCCC/C(=C(\CC)c1ccccc1)c1ccc(O)cc1. The van der Waals surface area contributed by atoms with Gasteiger partial charge >= 0.3 is 0 Å². The fourth-order valence-corrected chi connectivity index (χ4v) is 2.79. The summed E-state index contributed by atoms with van der Waals surface area (Å²) >= 11 is 0. The molecule has 0 aliphatic rings. The minimum Gasteiger partial charge on any atom is -0.508 e. The molecule has 1 nitrogen and oxygen atoms in total. The summed E-state index contributed by atoms with van der Waals surface area (Å²) in [5.74, 6) is 0.312. The summed E-state index contributed by atoms with van der Waals surface area (Å²) in [5.41, 5.74) is 5.24. The normalized spacial score (nSPS) is 11.9. The third kappa shape index (κ3) is 4.11. The van der Waals surface area contributed by atoms with E-state index in [1.54, 1.807) is 12.1 Å². The Bertz CT molecular complexity index is 621. The van der Waals surface area contributed by atoms with E-state index in [-0.39, 0.29) is 0 Å². The number of rotatable bonds is 7. The first-order valence-electron chi connectivity index (χ1n) is 7.94. The van der Waals surface area contributed by atoms with Crippen molar-refractivity contribution in [3.63, 3.8) is 0 Å². The zero-order chi connectivity index (χ0) is 15.8. The van der Waals surface area contributed by atoms with Gasteiger partial charge in [-0.25, -0.2) is 0 Å². The monoisotopic (exact) mass is 292 g/mol. The van der Waals surface area contributed by atoms with Gasteiger partial charge in [-0.05, 0) is 60.1 Å². The maximum absolute atomic E-state index is 9.54. The predicted octanol–water partition coefficient (Wildman–Crippen LogP) is 6.07. The number of hydrogen-bond acceptors (Lipinski definition) is 1. The first-order chi connectivity index (χ1) is 10.8. The highest BCUT2D eigenvalue weighted by atomic mass is 16.3. The molecule has 0 bridgehead atoms. The van der Waals surface area contributed by atoms with Gasteiger partial charge in [0.25, 0.3) is 0 Å². The molecule has 2 rings (SSSR count). The highest BCUT2D eigenvalue weighted by molar-refractivity contribution is 5.90. The second kappa shape index (κ2) is 8.23. The van der Waals surface area contributed by atoms with Crippen molar-refractivity contribution in [3.8, 4) is 5.75 Å². The lowest BCUT2D eigenvalue weighted by Crippen LogP contribution is -1.93. The van der Waals surface area contributed by atoms with Crippen LogP contribution in [-0.4, -0.2) is 5.11 Å². The van der Waals surface area contributed by atoms with Crippen LogP contribution in [0.1, 0.15) is 43.7 Å². The Balaban J connectivity index is 2.46. The van der Waals surface area contributed by atoms with Gasteiger partial charge in [0, 0.05) is 0 Å². The van der Waals surface area contributed by atoms with Crippen LogP contribution in [-0.2, 0) is 0 Å². The summed E-state index contributed by atoms with van der Waals surface area (Å²) in [5, 5.41) is 9.54. The Morgan fingerprint density at radius 3 is 2.18 bits per heavy atom. The molecule has 0 aliphatic carbocycles. The summed E-state index contributed by atoms with van der Waals surface area (Å²) in [6.07, 6.45) is 6.11. The number of benzene rings is 2. The number of phenolic OH excluding ortho intramolecular Hbond substituents is 1. The minimum absolute atomic E-state index is 0.312. The highest BCUT2D eigenvalue weighted by Gasteiger charge is 2.10. The highest BCUT2D eigenvalue weighted by Crippen LogP contribution is 2.33. The second-order valence-corrected chi connectivity index (χ2v) is 5.40. The zero-order valence-corrected chi connectivity index (χ0v) is 13.3. The van der Waals surface area contributed by atoms with Gasteiger partial charge < -0.3 is 5.11 Å². The molecule has 0 fully saturated rings. The average molecular weight is 292 g/mol. The van der Waals surface area contributed by atoms with Crippen molar-refractivity contribution < 1.29 is 5.11 Å². The van der Waals surface area contributed by atoms with Crippen LogP contribution in [0.25, 0.3) is 11.1 Å². The van der Waals surface area contributed by atoms with E-state index in [1.165, 1.54) is 22.3 Å². The number of phenols is 1. The molecule has 114 valence electrons. The van der Waals surface area contributed by atoms with Crippen LogP contribution in [0.5, 0.6) is 5.75 Å². The number of unbranched alkanes of at least 4 members (excludes halogenated alkanes) is 1. The quantitative estimate of drug-likeness (QED) is 0.373. The Labute approximate surface area is 133 Å². The van der Waals surface area contributed by atoms with E-state index in [4.69, 9.17) is 0 Å². The van der Waals surface area contributed by atoms with Crippen LogP contribution in [0, 0.1) is 0 Å². The molecule has 0 unspecified atom stereocenters. The van der Waals surface area contributed by atoms with Crippen molar-refractivity contribution in [1.29, 1.82) is 0 Å². The topological polar surface area (TPSA) is 20.2 Å². The second-order valence-electron chi connectivity index (χ2n) is 5.40. The smallest absolute Gasteiger partial charge is 0.115 e. The van der Waals surface area contributed by atoms with Gasteiger partial charge in [-0.2, -0.15) is 0 Å². The summed E-state index contributed by atoms with van der Waals surface area (Å²) in [6, 6.07) is 18.1.